The third kappa shape index (κ3) is 17.8. The van der Waals surface area contributed by atoms with Gasteiger partial charge in [-0.3, -0.25) is 43.3 Å². The number of amides is 7. The predicted octanol–water partition coefficient (Wildman–Crippen LogP) is -1.32. The summed E-state index contributed by atoms with van der Waals surface area (Å²) in [5.74, 6) is -14.5. The minimum Gasteiger partial charge on any atom is -0.508 e. The molecule has 3 fully saturated rings. The van der Waals surface area contributed by atoms with Crippen LogP contribution in [0.4, 0.5) is 0 Å². The summed E-state index contributed by atoms with van der Waals surface area (Å²) < 4.78 is 50.2. The summed E-state index contributed by atoms with van der Waals surface area (Å²) >= 11 is 0. The number of carbonyl (C=O) groups is 8. The summed E-state index contributed by atoms with van der Waals surface area (Å²) in [4.78, 5) is 121. The highest BCUT2D eigenvalue weighted by Crippen LogP contribution is 2.50. The number of Topliss-reactive ketones (excluding diaryl/α,β-unsaturated/α-hetero) is 1. The van der Waals surface area contributed by atoms with Crippen molar-refractivity contribution in [1.29, 1.82) is 0 Å². The highest BCUT2D eigenvalue weighted by atomic mass is 16.8. The Labute approximate surface area is 658 Å². The first kappa shape index (κ1) is 86.1. The Hall–Kier alpha value is -9.78. The van der Waals surface area contributed by atoms with E-state index < -0.39 is 253 Å². The number of phenols is 3. The van der Waals surface area contributed by atoms with Crippen LogP contribution in [0.1, 0.15) is 129 Å². The number of phenolic OH excluding ortho intramolecular Hbond substituents is 3. The first-order valence-electron chi connectivity index (χ1n) is 37.4. The second-order valence-corrected chi connectivity index (χ2v) is 30.4. The van der Waals surface area contributed by atoms with Gasteiger partial charge in [-0.1, -0.05) is 45.9 Å². The SMILES string of the molecule is CC[C@H]1O[C@@H](O[C@H]2[C@H](O)[C@@H](O)[C@H](O[C@H]3[C@H](O)[C@@H](O)[C@H](Oc4c5cc6cc4Oc4ccc(cc4C)[C@@H](O)[C@@H](NC(=O)[C@@H](CC(C)C)N(C)C)C(=O)N[C@@H](CC(N)=O)C(=O)N[C@H]6C(=O)N[C@H]4C(=O)N[C@H](C(=O)N[C@@H](C(C)=O)c6cc(O)c(C)c(O)c6-c6cc4ccc6O)[C@H](O)c4ccc(c(C)c4)O5)O[C@@H]3CO)O[C@@H]2CO)[C@H](C)[C@@H](O)[C@H]1O. The van der Waals surface area contributed by atoms with Gasteiger partial charge in [0.05, 0.1) is 37.9 Å². The molecule has 115 heavy (non-hydrogen) atoms. The fourth-order valence-corrected chi connectivity index (χ4v) is 14.9. The van der Waals surface area contributed by atoms with E-state index >= 15 is 24.0 Å². The van der Waals surface area contributed by atoms with Crippen LogP contribution in [-0.2, 0) is 62.0 Å². The van der Waals surface area contributed by atoms with E-state index in [-0.39, 0.29) is 80.3 Å². The molecule has 3 saturated heterocycles. The van der Waals surface area contributed by atoms with Crippen LogP contribution in [0.25, 0.3) is 11.1 Å². The Kier molecular flexibility index (Phi) is 26.5. The number of nitrogens with zero attached hydrogens (tertiary/aromatic N) is 1. The number of aromatic hydroxyl groups is 3. The molecule has 0 aliphatic carbocycles. The quantitative estimate of drug-likeness (QED) is 0.0513. The zero-order chi connectivity index (χ0) is 83.9. The number of aliphatic hydroxyl groups excluding tert-OH is 10. The van der Waals surface area contributed by atoms with Gasteiger partial charge in [-0.15, -0.1) is 0 Å². The van der Waals surface area contributed by atoms with Crippen molar-refractivity contribution in [2.75, 3.05) is 27.3 Å². The lowest BCUT2D eigenvalue weighted by Crippen LogP contribution is -2.66. The molecule has 0 saturated carbocycles. The Balaban J connectivity index is 1.08. The third-order valence-electron chi connectivity index (χ3n) is 21.5. The maximum atomic E-state index is 16.2. The monoisotopic (exact) mass is 1610 g/mol. The molecule has 7 amide bonds. The van der Waals surface area contributed by atoms with Crippen molar-refractivity contribution in [3.8, 4) is 57.1 Å². The molecule has 8 heterocycles. The van der Waals surface area contributed by atoms with Crippen LogP contribution in [0.2, 0.25) is 0 Å². The zero-order valence-corrected chi connectivity index (χ0v) is 64.3. The lowest BCUT2D eigenvalue weighted by Gasteiger charge is -2.48. The van der Waals surface area contributed by atoms with Gasteiger partial charge < -0.3 is 142 Å². The van der Waals surface area contributed by atoms with Crippen molar-refractivity contribution in [3.05, 3.63) is 117 Å². The van der Waals surface area contributed by atoms with Gasteiger partial charge in [0.1, 0.15) is 132 Å². The number of likely N-dealkylation sites (N-methyl/N-ethyl adjacent to an activating group) is 1. The minimum absolute atomic E-state index is 0.0443. The van der Waals surface area contributed by atoms with Gasteiger partial charge in [-0.25, -0.2) is 0 Å². The Morgan fingerprint density at radius 1 is 0.583 bits per heavy atom. The molecule has 5 aromatic carbocycles. The molecule has 8 aliphatic rings. The van der Waals surface area contributed by atoms with Crippen molar-refractivity contribution in [2.45, 2.75) is 215 Å². The molecular formula is C78H98N8O29. The topological polar surface area (TPSA) is 575 Å². The summed E-state index contributed by atoms with van der Waals surface area (Å²) in [5, 5.41) is 166. The van der Waals surface area contributed by atoms with E-state index in [4.69, 9.17) is 43.6 Å². The van der Waals surface area contributed by atoms with Gasteiger partial charge in [0.2, 0.25) is 53.4 Å². The van der Waals surface area contributed by atoms with Crippen LogP contribution in [0.5, 0.6) is 46.0 Å². The number of hydrogen-bond acceptors (Lipinski definition) is 30. The maximum absolute atomic E-state index is 16.2. The average Bonchev–Trinajstić information content (AvgIpc) is 0.756. The van der Waals surface area contributed by atoms with E-state index in [1.165, 1.54) is 64.1 Å². The summed E-state index contributed by atoms with van der Waals surface area (Å²) in [6.45, 7) is 10.2. The van der Waals surface area contributed by atoms with E-state index in [9.17, 15) is 80.8 Å². The second-order valence-electron chi connectivity index (χ2n) is 30.4. The number of hydrogen-bond donors (Lipinski definition) is 20. The smallest absolute Gasteiger partial charge is 0.248 e. The first-order valence-corrected chi connectivity index (χ1v) is 37.4. The molecule has 0 spiro atoms. The Bertz CT molecular complexity index is 4500. The number of rotatable bonds is 17. The van der Waals surface area contributed by atoms with Crippen LogP contribution in [0.3, 0.4) is 0 Å². The number of nitrogens with two attached hydrogens (primary N) is 1. The highest BCUT2D eigenvalue weighted by Gasteiger charge is 2.55. The van der Waals surface area contributed by atoms with Gasteiger partial charge in [-0.2, -0.15) is 0 Å². The number of fused-ring (bicyclic) bond motifs is 15. The van der Waals surface area contributed by atoms with E-state index in [0.717, 1.165) is 43.3 Å². The molecule has 21 N–H and O–H groups in total. The van der Waals surface area contributed by atoms with E-state index in [2.05, 4.69) is 31.9 Å². The number of aryl methyl sites for hydroxylation is 2. The Morgan fingerprint density at radius 2 is 1.12 bits per heavy atom. The van der Waals surface area contributed by atoms with Crippen molar-refractivity contribution in [1.82, 2.24) is 36.8 Å². The highest BCUT2D eigenvalue weighted by molar-refractivity contribution is 6.01. The van der Waals surface area contributed by atoms with E-state index in [1.807, 2.05) is 13.8 Å². The first-order chi connectivity index (χ1) is 54.3. The molecule has 37 heteroatoms. The van der Waals surface area contributed by atoms with Gasteiger partial charge >= 0.3 is 0 Å². The van der Waals surface area contributed by atoms with Crippen LogP contribution < -0.4 is 51.8 Å². The summed E-state index contributed by atoms with van der Waals surface area (Å²) in [6.07, 6.45) is -29.3. The lowest BCUT2D eigenvalue weighted by atomic mass is 9.87. The normalized spacial score (nSPS) is 31.4. The largest absolute Gasteiger partial charge is 0.508 e. The molecule has 5 aromatic rings. The number of ether oxygens (including phenoxy) is 8. The minimum atomic E-state index is -2.32. The number of primary amides is 1. The predicted molar refractivity (Wildman–Crippen MR) is 396 cm³/mol. The fourth-order valence-electron chi connectivity index (χ4n) is 14.9. The zero-order valence-electron chi connectivity index (χ0n) is 64.3. The van der Waals surface area contributed by atoms with Crippen LogP contribution >= 0.6 is 0 Å². The molecule has 0 unspecified atom stereocenters. The molecule has 0 radical (unpaired) electrons. The molecular weight excluding hydrogens is 1510 g/mol. The second kappa shape index (κ2) is 35.4. The molecule has 24 atom stereocenters. The summed E-state index contributed by atoms with van der Waals surface area (Å²) in [6, 6.07) is 0.798. The molecule has 624 valence electrons. The van der Waals surface area contributed by atoms with E-state index in [1.54, 1.807) is 25.9 Å². The molecule has 8 aliphatic heterocycles. The van der Waals surface area contributed by atoms with Gasteiger partial charge in [0.25, 0.3) is 0 Å². The Morgan fingerprint density at radius 3 is 1.68 bits per heavy atom. The van der Waals surface area contributed by atoms with Crippen LogP contribution in [-0.4, -0.2) is 256 Å². The van der Waals surface area contributed by atoms with Crippen molar-refractivity contribution < 1.29 is 143 Å². The molecule has 0 aromatic heterocycles. The number of nitrogens with one attached hydrogen (secondary N) is 6. The molecule has 37 nitrogen and oxygen atoms in total. The van der Waals surface area contributed by atoms with Crippen molar-refractivity contribution >= 4 is 47.1 Å². The lowest BCUT2D eigenvalue weighted by molar-refractivity contribution is -0.372. The maximum Gasteiger partial charge on any atom is 0.248 e. The average molecular weight is 1610 g/mol. The van der Waals surface area contributed by atoms with Gasteiger partial charge in [0, 0.05) is 22.6 Å². The number of aliphatic hydroxyl groups is 10. The molecule has 11 bridgehead atoms. The van der Waals surface area contributed by atoms with Crippen molar-refractivity contribution in [3.63, 3.8) is 0 Å². The van der Waals surface area contributed by atoms with Gasteiger partial charge in [0.15, 0.2) is 29.9 Å². The van der Waals surface area contributed by atoms with Crippen molar-refractivity contribution in [2.24, 2.45) is 17.6 Å². The van der Waals surface area contributed by atoms with Crippen LogP contribution in [0.15, 0.2) is 72.8 Å². The number of ketones is 1. The summed E-state index contributed by atoms with van der Waals surface area (Å²) in [7, 11) is 3.22. The molecule has 13 rings (SSSR count). The van der Waals surface area contributed by atoms with E-state index in [0.29, 0.717) is 0 Å². The van der Waals surface area contributed by atoms with Crippen LogP contribution in [0, 0.1) is 32.6 Å². The van der Waals surface area contributed by atoms with Gasteiger partial charge in [-0.05, 0) is 154 Å². The number of benzene rings is 5. The standard InChI is InChI=1S/C78H98N8O29/c1-11-44-62(97)59(94)32(7)76(110-44)114-68-49(26-87)112-78(66(101)63(68)98)115-69-50(27-88)111-77(65(100)64(69)99)113-67-47-22-37-23-48(67)109-46-17-14-36(20-30(46)5)61(96)57-75(107)81-53(33(8)89)39-24-43(91)31(6)58(93)52(39)38-21-34(12-15-42(38)90)54(72(104)85-57)83-73(105)55(37)82-70(102)40(25-51(79)92)80-74(106)56(84-71(103)41(86(9)10)18-28(2)3)60(95)35-13-16-45(108-47)29(4)19-35/h12-17,19-24,28,32,40-41,44,49-50,53-57,59-66,68-69,76-78,87-88,90-91,93-101H,11,18,25-27H2,1-10H3,(H2,79,92)(H,80,106)(H,81,107)(H,82,102)(H,83,105)(H,84,103)(H,85,104)/t32-,40+,41-,44-,49-,50-,53+,54-,55-,56-,57+,59-,60-,61-,62+,63-,64-,65-,66-,68-,69-,76+,77+,78+/m1/s1. The number of carbonyl (C=O) groups excluding carboxylic acids is 8. The third-order valence-corrected chi connectivity index (χ3v) is 21.5. The fraction of sp³-hybridized carbons (Fsp3) is 0.513. The summed E-state index contributed by atoms with van der Waals surface area (Å²) in [5.41, 5.74) is 3.96.